The van der Waals surface area contributed by atoms with Crippen molar-refractivity contribution in [2.24, 2.45) is 5.92 Å². The van der Waals surface area contributed by atoms with Gasteiger partial charge in [0.05, 0.1) is 13.2 Å². The maximum absolute atomic E-state index is 12.9. The lowest BCUT2D eigenvalue weighted by atomic mass is 10.0. The van der Waals surface area contributed by atoms with Crippen LogP contribution in [0.4, 0.5) is 8.78 Å². The van der Waals surface area contributed by atoms with Crippen molar-refractivity contribution < 1.29 is 18.3 Å². The first-order valence-electron chi connectivity index (χ1n) is 6.57. The van der Waals surface area contributed by atoms with E-state index in [0.29, 0.717) is 13.0 Å². The van der Waals surface area contributed by atoms with Gasteiger partial charge in [-0.05, 0) is 30.5 Å². The smallest absolute Gasteiger partial charge is 0.271 e. The third-order valence-corrected chi connectivity index (χ3v) is 4.14. The number of methoxy groups -OCH3 is 1. The first-order chi connectivity index (χ1) is 9.60. The standard InChI is InChI=1S/C15H15F2NO2/c1-20-11-4-2-9(3-5-11)8-18-13-7-10(15(18)19)6-12(13)14(16)17/h2-5,10,13H,6-8H2,1H3/t10-,13-/m0/s1. The van der Waals surface area contributed by atoms with Crippen LogP contribution in [0.5, 0.6) is 5.75 Å². The maximum atomic E-state index is 12.9. The van der Waals surface area contributed by atoms with Crippen LogP contribution >= 0.6 is 0 Å². The molecule has 1 amide bonds. The minimum Gasteiger partial charge on any atom is -0.497 e. The van der Waals surface area contributed by atoms with Gasteiger partial charge in [0, 0.05) is 18.0 Å². The molecule has 2 aliphatic rings. The first kappa shape index (κ1) is 13.1. The summed E-state index contributed by atoms with van der Waals surface area (Å²) in [6.07, 6.45) is -0.864. The fourth-order valence-electron chi connectivity index (χ4n) is 3.11. The number of carbonyl (C=O) groups is 1. The van der Waals surface area contributed by atoms with E-state index >= 15 is 0 Å². The third-order valence-electron chi connectivity index (χ3n) is 4.14. The van der Waals surface area contributed by atoms with Crippen molar-refractivity contribution in [3.05, 3.63) is 41.5 Å². The molecule has 1 aliphatic heterocycles. The summed E-state index contributed by atoms with van der Waals surface area (Å²) in [4.78, 5) is 13.7. The minimum atomic E-state index is -1.62. The van der Waals surface area contributed by atoms with Gasteiger partial charge in [-0.25, -0.2) is 0 Å². The highest BCUT2D eigenvalue weighted by molar-refractivity contribution is 5.84. The minimum absolute atomic E-state index is 0.00387. The zero-order chi connectivity index (χ0) is 14.3. The summed E-state index contributed by atoms with van der Waals surface area (Å²) in [5, 5.41) is 0. The third kappa shape index (κ3) is 2.07. The summed E-state index contributed by atoms with van der Waals surface area (Å²) >= 11 is 0. The molecule has 2 bridgehead atoms. The van der Waals surface area contributed by atoms with Crippen LogP contribution in [0.2, 0.25) is 0 Å². The highest BCUT2D eigenvalue weighted by Crippen LogP contribution is 2.44. The Hall–Kier alpha value is -1.91. The predicted octanol–water partition coefficient (Wildman–Crippen LogP) is 2.97. The van der Waals surface area contributed by atoms with Crippen LogP contribution in [0, 0.1) is 5.92 Å². The van der Waals surface area contributed by atoms with Crippen LogP contribution in [-0.4, -0.2) is 24.0 Å². The summed E-state index contributed by atoms with van der Waals surface area (Å²) in [6.45, 7) is 0.376. The van der Waals surface area contributed by atoms with Gasteiger partial charge in [0.15, 0.2) is 0 Å². The molecule has 2 fully saturated rings. The van der Waals surface area contributed by atoms with Crippen molar-refractivity contribution in [2.75, 3.05) is 7.11 Å². The molecule has 3 rings (SSSR count). The number of piperidine rings is 1. The zero-order valence-electron chi connectivity index (χ0n) is 11.1. The van der Waals surface area contributed by atoms with E-state index in [4.69, 9.17) is 4.74 Å². The number of rotatable bonds is 3. The Morgan fingerprint density at radius 3 is 2.60 bits per heavy atom. The fraction of sp³-hybridized carbons (Fsp3) is 0.400. The van der Waals surface area contributed by atoms with Crippen molar-refractivity contribution in [2.45, 2.75) is 25.4 Å². The summed E-state index contributed by atoms with van der Waals surface area (Å²) in [7, 11) is 1.58. The lowest BCUT2D eigenvalue weighted by molar-refractivity contribution is -0.133. The summed E-state index contributed by atoms with van der Waals surface area (Å²) in [5.41, 5.74) is 1.06. The number of fused-ring (bicyclic) bond motifs is 2. The van der Waals surface area contributed by atoms with E-state index in [-0.39, 0.29) is 23.8 Å². The van der Waals surface area contributed by atoms with Gasteiger partial charge in [-0.15, -0.1) is 0 Å². The molecule has 106 valence electrons. The summed E-state index contributed by atoms with van der Waals surface area (Å²) < 4.78 is 30.8. The van der Waals surface area contributed by atoms with E-state index in [2.05, 4.69) is 0 Å². The van der Waals surface area contributed by atoms with Gasteiger partial charge in [-0.2, -0.15) is 8.78 Å². The molecule has 1 heterocycles. The van der Waals surface area contributed by atoms with Gasteiger partial charge in [0.1, 0.15) is 5.75 Å². The Morgan fingerprint density at radius 1 is 1.35 bits per heavy atom. The topological polar surface area (TPSA) is 29.5 Å². The molecule has 5 heteroatoms. The Labute approximate surface area is 115 Å². The normalized spacial score (nSPS) is 24.4. The van der Waals surface area contributed by atoms with Gasteiger partial charge < -0.3 is 9.64 Å². The van der Waals surface area contributed by atoms with Crippen molar-refractivity contribution in [3.63, 3.8) is 0 Å². The van der Waals surface area contributed by atoms with Gasteiger partial charge in [0.25, 0.3) is 6.08 Å². The molecular weight excluding hydrogens is 264 g/mol. The van der Waals surface area contributed by atoms with Crippen LogP contribution in [0.3, 0.4) is 0 Å². The number of carbonyl (C=O) groups excluding carboxylic acids is 1. The number of halogens is 2. The molecule has 1 aromatic rings. The molecule has 1 saturated heterocycles. The number of nitrogens with zero attached hydrogens (tertiary/aromatic N) is 1. The SMILES string of the molecule is COc1ccc(CN2C(=O)[C@H]3CC(=C(F)F)[C@@H]2C3)cc1. The van der Waals surface area contributed by atoms with Crippen molar-refractivity contribution in [1.29, 1.82) is 0 Å². The lowest BCUT2D eigenvalue weighted by Crippen LogP contribution is -2.37. The Morgan fingerprint density at radius 2 is 2.05 bits per heavy atom. The average Bonchev–Trinajstić information content (AvgIpc) is 3.00. The summed E-state index contributed by atoms with van der Waals surface area (Å²) in [6, 6.07) is 6.90. The van der Waals surface area contributed by atoms with E-state index in [0.717, 1.165) is 11.3 Å². The first-order valence-corrected chi connectivity index (χ1v) is 6.57. The molecule has 0 spiro atoms. The monoisotopic (exact) mass is 279 g/mol. The summed E-state index contributed by atoms with van der Waals surface area (Å²) in [5.74, 6) is 0.476. The van der Waals surface area contributed by atoms with E-state index < -0.39 is 12.1 Å². The second kappa shape index (κ2) is 4.89. The molecular formula is C15H15F2NO2. The predicted molar refractivity (Wildman–Crippen MR) is 69.3 cm³/mol. The molecule has 0 aromatic heterocycles. The quantitative estimate of drug-likeness (QED) is 0.851. The molecule has 0 radical (unpaired) electrons. The zero-order valence-corrected chi connectivity index (χ0v) is 11.1. The van der Waals surface area contributed by atoms with Crippen LogP contribution in [0.15, 0.2) is 35.9 Å². The Balaban J connectivity index is 1.80. The molecule has 1 aliphatic carbocycles. The highest BCUT2D eigenvalue weighted by Gasteiger charge is 2.49. The number of amides is 1. The van der Waals surface area contributed by atoms with Crippen LogP contribution < -0.4 is 4.74 Å². The lowest BCUT2D eigenvalue weighted by Gasteiger charge is -2.28. The fourth-order valence-corrected chi connectivity index (χ4v) is 3.11. The van der Waals surface area contributed by atoms with Crippen LogP contribution in [0.25, 0.3) is 0 Å². The number of benzene rings is 1. The van der Waals surface area contributed by atoms with E-state index in [9.17, 15) is 13.6 Å². The number of hydrogen-bond acceptors (Lipinski definition) is 2. The molecule has 1 saturated carbocycles. The van der Waals surface area contributed by atoms with Crippen molar-refractivity contribution >= 4 is 5.91 Å². The number of hydrogen-bond donors (Lipinski definition) is 0. The van der Waals surface area contributed by atoms with E-state index in [1.165, 1.54) is 0 Å². The Bertz CT molecular complexity index is 564. The molecule has 2 atom stereocenters. The van der Waals surface area contributed by atoms with Gasteiger partial charge in [-0.1, -0.05) is 12.1 Å². The molecule has 3 nitrogen and oxygen atoms in total. The van der Waals surface area contributed by atoms with Crippen molar-refractivity contribution in [3.8, 4) is 5.75 Å². The highest BCUT2D eigenvalue weighted by atomic mass is 19.3. The molecule has 0 unspecified atom stereocenters. The average molecular weight is 279 g/mol. The number of likely N-dealkylation sites (tertiary alicyclic amines) is 1. The Kier molecular flexibility index (Phi) is 3.20. The molecule has 20 heavy (non-hydrogen) atoms. The molecule has 0 N–H and O–H groups in total. The van der Waals surface area contributed by atoms with Crippen LogP contribution in [-0.2, 0) is 11.3 Å². The largest absolute Gasteiger partial charge is 0.497 e. The second-order valence-corrected chi connectivity index (χ2v) is 5.25. The van der Waals surface area contributed by atoms with E-state index in [1.807, 2.05) is 12.1 Å². The molecule has 1 aromatic carbocycles. The van der Waals surface area contributed by atoms with E-state index in [1.54, 1.807) is 24.1 Å². The maximum Gasteiger partial charge on any atom is 0.271 e. The second-order valence-electron chi connectivity index (χ2n) is 5.25. The van der Waals surface area contributed by atoms with Crippen molar-refractivity contribution in [1.82, 2.24) is 4.90 Å². The van der Waals surface area contributed by atoms with Gasteiger partial charge in [0.2, 0.25) is 5.91 Å². The van der Waals surface area contributed by atoms with Gasteiger partial charge >= 0.3 is 0 Å². The van der Waals surface area contributed by atoms with Crippen LogP contribution in [0.1, 0.15) is 18.4 Å². The number of ether oxygens (including phenoxy) is 1. The van der Waals surface area contributed by atoms with Gasteiger partial charge in [-0.3, -0.25) is 4.79 Å².